The number of rotatable bonds is 8. The van der Waals surface area contributed by atoms with E-state index in [0.717, 1.165) is 18.4 Å². The van der Waals surface area contributed by atoms with Gasteiger partial charge in [0, 0.05) is 0 Å². The van der Waals surface area contributed by atoms with Crippen LogP contribution in [0.15, 0.2) is 0 Å². The van der Waals surface area contributed by atoms with Crippen LogP contribution in [0, 0.1) is 11.8 Å². The van der Waals surface area contributed by atoms with Crippen molar-refractivity contribution in [2.45, 2.75) is 34.1 Å². The summed E-state index contributed by atoms with van der Waals surface area (Å²) in [5.74, 6) is 4.24. The van der Waals surface area contributed by atoms with E-state index in [1.165, 1.54) is 24.5 Å². The topological polar surface area (TPSA) is 12.0 Å². The highest BCUT2D eigenvalue weighted by Gasteiger charge is 1.95. The summed E-state index contributed by atoms with van der Waals surface area (Å²) >= 11 is 2.08. The number of thioether (sulfide) groups is 1. The third kappa shape index (κ3) is 12.3. The molecule has 0 aliphatic carbocycles. The first-order valence-electron chi connectivity index (χ1n) is 5.41. The minimum Gasteiger partial charge on any atom is -0.316 e. The van der Waals surface area contributed by atoms with E-state index in [9.17, 15) is 0 Å². The SMILES string of the molecule is CC(C)CNCCCSCC(C)C. The molecular formula is C11H25NS. The van der Waals surface area contributed by atoms with Gasteiger partial charge in [0.1, 0.15) is 0 Å². The van der Waals surface area contributed by atoms with Crippen LogP contribution < -0.4 is 5.32 Å². The third-order valence-electron chi connectivity index (χ3n) is 1.65. The number of hydrogen-bond donors (Lipinski definition) is 1. The van der Waals surface area contributed by atoms with Gasteiger partial charge in [-0.25, -0.2) is 0 Å². The van der Waals surface area contributed by atoms with Crippen molar-refractivity contribution in [2.75, 3.05) is 24.6 Å². The molecule has 0 aliphatic rings. The fraction of sp³-hybridized carbons (Fsp3) is 1.00. The Labute approximate surface area is 88.1 Å². The van der Waals surface area contributed by atoms with E-state index in [0.29, 0.717) is 0 Å². The van der Waals surface area contributed by atoms with Crippen molar-refractivity contribution >= 4 is 11.8 Å². The standard InChI is InChI=1S/C11H25NS/c1-10(2)8-12-6-5-7-13-9-11(3)4/h10-12H,5-9H2,1-4H3. The molecule has 0 saturated heterocycles. The van der Waals surface area contributed by atoms with E-state index < -0.39 is 0 Å². The molecule has 0 bridgehead atoms. The Hall–Kier alpha value is 0.310. The molecular weight excluding hydrogens is 178 g/mol. The minimum absolute atomic E-state index is 0.781. The normalized spacial score (nSPS) is 11.5. The zero-order valence-electron chi connectivity index (χ0n) is 9.60. The van der Waals surface area contributed by atoms with Gasteiger partial charge in [0.05, 0.1) is 0 Å². The van der Waals surface area contributed by atoms with Gasteiger partial charge in [0.15, 0.2) is 0 Å². The lowest BCUT2D eigenvalue weighted by molar-refractivity contribution is 0.551. The monoisotopic (exact) mass is 203 g/mol. The molecule has 0 spiro atoms. The van der Waals surface area contributed by atoms with Crippen LogP contribution in [0.3, 0.4) is 0 Å². The predicted molar refractivity (Wildman–Crippen MR) is 64.5 cm³/mol. The highest BCUT2D eigenvalue weighted by molar-refractivity contribution is 7.99. The molecule has 0 aromatic heterocycles. The van der Waals surface area contributed by atoms with Gasteiger partial charge >= 0.3 is 0 Å². The highest BCUT2D eigenvalue weighted by atomic mass is 32.2. The van der Waals surface area contributed by atoms with E-state index >= 15 is 0 Å². The summed E-state index contributed by atoms with van der Waals surface area (Å²) in [4.78, 5) is 0. The summed E-state index contributed by atoms with van der Waals surface area (Å²) in [6, 6.07) is 0. The Morgan fingerprint density at radius 2 is 1.77 bits per heavy atom. The van der Waals surface area contributed by atoms with Gasteiger partial charge in [-0.05, 0) is 42.9 Å². The zero-order chi connectivity index (χ0) is 10.1. The molecule has 0 unspecified atom stereocenters. The van der Waals surface area contributed by atoms with Crippen LogP contribution in [-0.4, -0.2) is 24.6 Å². The molecule has 80 valence electrons. The van der Waals surface area contributed by atoms with Crippen LogP contribution in [0.25, 0.3) is 0 Å². The van der Waals surface area contributed by atoms with Crippen LogP contribution >= 0.6 is 11.8 Å². The zero-order valence-corrected chi connectivity index (χ0v) is 10.4. The molecule has 0 rings (SSSR count). The molecule has 0 aliphatic heterocycles. The second-order valence-electron chi connectivity index (χ2n) is 4.42. The molecule has 0 heterocycles. The van der Waals surface area contributed by atoms with E-state index in [2.05, 4.69) is 44.8 Å². The fourth-order valence-corrected chi connectivity index (χ4v) is 2.00. The van der Waals surface area contributed by atoms with E-state index in [1.54, 1.807) is 0 Å². The Morgan fingerprint density at radius 3 is 2.31 bits per heavy atom. The first-order chi connectivity index (χ1) is 6.13. The van der Waals surface area contributed by atoms with Gasteiger partial charge < -0.3 is 5.32 Å². The molecule has 0 saturated carbocycles. The average Bonchev–Trinajstić information content (AvgIpc) is 2.01. The highest BCUT2D eigenvalue weighted by Crippen LogP contribution is 2.07. The van der Waals surface area contributed by atoms with Gasteiger partial charge in [-0.3, -0.25) is 0 Å². The maximum absolute atomic E-state index is 3.46. The average molecular weight is 203 g/mol. The maximum atomic E-state index is 3.46. The second kappa shape index (κ2) is 8.89. The van der Waals surface area contributed by atoms with E-state index in [4.69, 9.17) is 0 Å². The summed E-state index contributed by atoms with van der Waals surface area (Å²) < 4.78 is 0. The fourth-order valence-electron chi connectivity index (χ4n) is 1.01. The van der Waals surface area contributed by atoms with Crippen molar-refractivity contribution in [3.8, 4) is 0 Å². The summed E-state index contributed by atoms with van der Waals surface area (Å²) in [5.41, 5.74) is 0. The van der Waals surface area contributed by atoms with Gasteiger partial charge in [-0.2, -0.15) is 11.8 Å². The Morgan fingerprint density at radius 1 is 1.08 bits per heavy atom. The summed E-state index contributed by atoms with van der Waals surface area (Å²) in [7, 11) is 0. The third-order valence-corrected chi connectivity index (χ3v) is 3.13. The van der Waals surface area contributed by atoms with Crippen molar-refractivity contribution in [3.63, 3.8) is 0 Å². The maximum Gasteiger partial charge on any atom is -0.00258 e. The van der Waals surface area contributed by atoms with Crippen LogP contribution in [0.4, 0.5) is 0 Å². The smallest absolute Gasteiger partial charge is 0.00258 e. The van der Waals surface area contributed by atoms with Crippen molar-refractivity contribution in [3.05, 3.63) is 0 Å². The van der Waals surface area contributed by atoms with Crippen molar-refractivity contribution < 1.29 is 0 Å². The quantitative estimate of drug-likeness (QED) is 0.609. The van der Waals surface area contributed by atoms with Crippen LogP contribution in [0.5, 0.6) is 0 Å². The first-order valence-corrected chi connectivity index (χ1v) is 6.57. The lowest BCUT2D eigenvalue weighted by Crippen LogP contribution is -2.21. The lowest BCUT2D eigenvalue weighted by Gasteiger charge is -2.07. The van der Waals surface area contributed by atoms with Gasteiger partial charge in [0.25, 0.3) is 0 Å². The second-order valence-corrected chi connectivity index (χ2v) is 5.57. The molecule has 2 heteroatoms. The van der Waals surface area contributed by atoms with Crippen molar-refractivity contribution in [1.82, 2.24) is 5.32 Å². The lowest BCUT2D eigenvalue weighted by atomic mass is 10.2. The summed E-state index contributed by atoms with van der Waals surface area (Å²) in [6.45, 7) is 11.4. The molecule has 0 atom stereocenters. The van der Waals surface area contributed by atoms with Crippen molar-refractivity contribution in [1.29, 1.82) is 0 Å². The molecule has 13 heavy (non-hydrogen) atoms. The van der Waals surface area contributed by atoms with Gasteiger partial charge in [-0.1, -0.05) is 27.7 Å². The molecule has 0 amide bonds. The van der Waals surface area contributed by atoms with E-state index in [-0.39, 0.29) is 0 Å². The van der Waals surface area contributed by atoms with Crippen LogP contribution in [0.2, 0.25) is 0 Å². The van der Waals surface area contributed by atoms with Gasteiger partial charge in [0.2, 0.25) is 0 Å². The summed E-state index contributed by atoms with van der Waals surface area (Å²) in [5, 5.41) is 3.46. The Balaban J connectivity index is 2.92. The van der Waals surface area contributed by atoms with Gasteiger partial charge in [-0.15, -0.1) is 0 Å². The number of nitrogens with one attached hydrogen (secondary N) is 1. The molecule has 0 fully saturated rings. The predicted octanol–water partition coefficient (Wildman–Crippen LogP) is 3.01. The van der Waals surface area contributed by atoms with Crippen LogP contribution in [0.1, 0.15) is 34.1 Å². The summed E-state index contributed by atoms with van der Waals surface area (Å²) in [6.07, 6.45) is 1.31. The minimum atomic E-state index is 0.781. The van der Waals surface area contributed by atoms with Crippen molar-refractivity contribution in [2.24, 2.45) is 11.8 Å². The van der Waals surface area contributed by atoms with E-state index in [1.807, 2.05) is 0 Å². The number of hydrogen-bond acceptors (Lipinski definition) is 2. The molecule has 1 nitrogen and oxygen atoms in total. The largest absolute Gasteiger partial charge is 0.316 e. The van der Waals surface area contributed by atoms with Crippen LogP contribution in [-0.2, 0) is 0 Å². The Kier molecular flexibility index (Phi) is 9.10. The Bertz CT molecular complexity index is 90.3. The first kappa shape index (κ1) is 13.3. The molecule has 0 aromatic rings. The molecule has 1 N–H and O–H groups in total. The molecule has 0 radical (unpaired) electrons. The molecule has 0 aromatic carbocycles.